The highest BCUT2D eigenvalue weighted by molar-refractivity contribution is 8.00. The van der Waals surface area contributed by atoms with Crippen molar-refractivity contribution in [3.05, 3.63) is 59.7 Å². The van der Waals surface area contributed by atoms with E-state index < -0.39 is 0 Å². The Morgan fingerprint density at radius 3 is 2.54 bits per heavy atom. The zero-order valence-electron chi connectivity index (χ0n) is 14.0. The first-order valence-corrected chi connectivity index (χ1v) is 8.69. The van der Waals surface area contributed by atoms with E-state index >= 15 is 0 Å². The van der Waals surface area contributed by atoms with Crippen LogP contribution in [0.25, 0.3) is 0 Å². The summed E-state index contributed by atoms with van der Waals surface area (Å²) in [6.07, 6.45) is 0. The van der Waals surface area contributed by atoms with Crippen molar-refractivity contribution >= 4 is 29.3 Å². The molecule has 0 aliphatic rings. The average molecular weight is 343 g/mol. The van der Waals surface area contributed by atoms with Crippen molar-refractivity contribution in [2.75, 3.05) is 11.9 Å². The Kier molecular flexibility index (Phi) is 6.44. The van der Waals surface area contributed by atoms with E-state index in [1.54, 1.807) is 25.1 Å². The van der Waals surface area contributed by atoms with Crippen molar-refractivity contribution in [2.24, 2.45) is 0 Å². The first-order chi connectivity index (χ1) is 11.5. The lowest BCUT2D eigenvalue weighted by molar-refractivity contribution is -0.115. The smallest absolute Gasteiger partial charge is 0.338 e. The summed E-state index contributed by atoms with van der Waals surface area (Å²) in [6.45, 7) is 5.83. The van der Waals surface area contributed by atoms with E-state index in [0.717, 1.165) is 10.5 Å². The number of esters is 1. The molecule has 5 heteroatoms. The number of aryl methyl sites for hydroxylation is 1. The third kappa shape index (κ3) is 4.86. The maximum Gasteiger partial charge on any atom is 0.338 e. The number of benzene rings is 2. The van der Waals surface area contributed by atoms with Crippen molar-refractivity contribution < 1.29 is 14.3 Å². The molecule has 4 nitrogen and oxygen atoms in total. The molecule has 0 saturated heterocycles. The van der Waals surface area contributed by atoms with Crippen LogP contribution in [0, 0.1) is 6.92 Å². The topological polar surface area (TPSA) is 55.4 Å². The Balaban J connectivity index is 2.07. The van der Waals surface area contributed by atoms with Gasteiger partial charge in [-0.05, 0) is 50.6 Å². The van der Waals surface area contributed by atoms with Crippen LogP contribution in [-0.4, -0.2) is 23.7 Å². The average Bonchev–Trinajstić information content (AvgIpc) is 2.57. The fourth-order valence-electron chi connectivity index (χ4n) is 2.09. The van der Waals surface area contributed by atoms with Gasteiger partial charge in [0.05, 0.1) is 17.4 Å². The number of ether oxygens (including phenoxy) is 1. The van der Waals surface area contributed by atoms with Gasteiger partial charge in [0.25, 0.3) is 0 Å². The molecule has 2 aromatic rings. The Hall–Kier alpha value is -2.27. The molecule has 24 heavy (non-hydrogen) atoms. The lowest BCUT2D eigenvalue weighted by atomic mass is 10.1. The number of rotatable bonds is 6. The molecule has 0 bridgehead atoms. The molecule has 0 spiro atoms. The zero-order chi connectivity index (χ0) is 17.5. The predicted octanol–water partition coefficient (Wildman–Crippen LogP) is 4.29. The lowest BCUT2D eigenvalue weighted by Crippen LogP contribution is -2.23. The standard InChI is InChI=1S/C19H21NO3S/c1-4-23-19(22)15-11-10-13(2)17(12-15)20-18(21)14(3)24-16-8-6-5-7-9-16/h5-12,14H,4H2,1-3H3,(H,20,21)/t14-/m0/s1. The summed E-state index contributed by atoms with van der Waals surface area (Å²) in [5, 5.41) is 2.65. The van der Waals surface area contributed by atoms with Crippen LogP contribution in [0.4, 0.5) is 5.69 Å². The summed E-state index contributed by atoms with van der Waals surface area (Å²) in [6, 6.07) is 14.9. The Morgan fingerprint density at radius 2 is 1.88 bits per heavy atom. The van der Waals surface area contributed by atoms with Crippen molar-refractivity contribution in [1.29, 1.82) is 0 Å². The lowest BCUT2D eigenvalue weighted by Gasteiger charge is -2.14. The van der Waals surface area contributed by atoms with Crippen LogP contribution in [0.15, 0.2) is 53.4 Å². The van der Waals surface area contributed by atoms with Gasteiger partial charge in [-0.2, -0.15) is 0 Å². The molecular formula is C19H21NO3S. The van der Waals surface area contributed by atoms with Crippen molar-refractivity contribution in [1.82, 2.24) is 0 Å². The summed E-state index contributed by atoms with van der Waals surface area (Å²) in [7, 11) is 0. The quantitative estimate of drug-likeness (QED) is 0.628. The van der Waals surface area contributed by atoms with E-state index in [-0.39, 0.29) is 17.1 Å². The second kappa shape index (κ2) is 8.55. The molecule has 126 valence electrons. The van der Waals surface area contributed by atoms with Gasteiger partial charge in [-0.15, -0.1) is 11.8 Å². The number of thioether (sulfide) groups is 1. The molecule has 1 atom stereocenters. The summed E-state index contributed by atoms with van der Waals surface area (Å²) < 4.78 is 5.00. The van der Waals surface area contributed by atoms with Crippen LogP contribution in [0.2, 0.25) is 0 Å². The molecule has 0 saturated carbocycles. The molecule has 0 fully saturated rings. The number of carbonyl (C=O) groups excluding carboxylic acids is 2. The van der Waals surface area contributed by atoms with Gasteiger partial charge in [-0.25, -0.2) is 4.79 Å². The number of nitrogens with one attached hydrogen (secondary N) is 1. The highest BCUT2D eigenvalue weighted by Gasteiger charge is 2.16. The molecule has 0 radical (unpaired) electrons. The van der Waals surface area contributed by atoms with Gasteiger partial charge in [0.2, 0.25) is 5.91 Å². The fourth-order valence-corrected chi connectivity index (χ4v) is 2.98. The van der Waals surface area contributed by atoms with E-state index in [4.69, 9.17) is 4.74 Å². The van der Waals surface area contributed by atoms with Gasteiger partial charge in [-0.3, -0.25) is 4.79 Å². The number of hydrogen-bond acceptors (Lipinski definition) is 4. The van der Waals surface area contributed by atoms with E-state index in [0.29, 0.717) is 17.9 Å². The van der Waals surface area contributed by atoms with Gasteiger partial charge in [0, 0.05) is 10.6 Å². The van der Waals surface area contributed by atoms with Crippen LogP contribution < -0.4 is 5.32 Å². The van der Waals surface area contributed by atoms with Crippen LogP contribution in [0.1, 0.15) is 29.8 Å². The molecule has 0 unspecified atom stereocenters. The number of amides is 1. The van der Waals surface area contributed by atoms with Gasteiger partial charge in [-0.1, -0.05) is 24.3 Å². The van der Waals surface area contributed by atoms with Gasteiger partial charge in [0.1, 0.15) is 0 Å². The molecule has 2 aromatic carbocycles. The van der Waals surface area contributed by atoms with Gasteiger partial charge in [0.15, 0.2) is 0 Å². The summed E-state index contributed by atoms with van der Waals surface area (Å²) in [4.78, 5) is 25.3. The molecular weight excluding hydrogens is 322 g/mol. The van der Waals surface area contributed by atoms with E-state index in [1.807, 2.05) is 44.2 Å². The summed E-state index contributed by atoms with van der Waals surface area (Å²) in [5.74, 6) is -0.493. The number of carbonyl (C=O) groups is 2. The van der Waals surface area contributed by atoms with Crippen molar-refractivity contribution in [3.63, 3.8) is 0 Å². The van der Waals surface area contributed by atoms with E-state index in [1.165, 1.54) is 11.8 Å². The second-order valence-electron chi connectivity index (χ2n) is 5.31. The molecule has 0 heterocycles. The summed E-state index contributed by atoms with van der Waals surface area (Å²) >= 11 is 1.49. The maximum absolute atomic E-state index is 12.4. The molecule has 0 aromatic heterocycles. The third-order valence-corrected chi connectivity index (χ3v) is 4.54. The van der Waals surface area contributed by atoms with Crippen LogP contribution in [0.5, 0.6) is 0 Å². The normalized spacial score (nSPS) is 11.6. The first kappa shape index (κ1) is 18.1. The predicted molar refractivity (Wildman–Crippen MR) is 97.5 cm³/mol. The zero-order valence-corrected chi connectivity index (χ0v) is 14.9. The van der Waals surface area contributed by atoms with Crippen molar-refractivity contribution in [2.45, 2.75) is 30.9 Å². The van der Waals surface area contributed by atoms with Crippen LogP contribution >= 0.6 is 11.8 Å². The maximum atomic E-state index is 12.4. The molecule has 1 amide bonds. The Bertz CT molecular complexity index is 716. The van der Waals surface area contributed by atoms with Crippen LogP contribution in [0.3, 0.4) is 0 Å². The minimum atomic E-state index is -0.389. The molecule has 1 N–H and O–H groups in total. The SMILES string of the molecule is CCOC(=O)c1ccc(C)c(NC(=O)[C@H](C)Sc2ccccc2)c1. The highest BCUT2D eigenvalue weighted by atomic mass is 32.2. The van der Waals surface area contributed by atoms with E-state index in [9.17, 15) is 9.59 Å². The number of hydrogen-bond donors (Lipinski definition) is 1. The Morgan fingerprint density at radius 1 is 1.17 bits per heavy atom. The number of anilines is 1. The second-order valence-corrected chi connectivity index (χ2v) is 6.73. The Labute approximate surface area is 146 Å². The minimum absolute atomic E-state index is 0.104. The summed E-state index contributed by atoms with van der Waals surface area (Å²) in [5.41, 5.74) is 1.96. The highest BCUT2D eigenvalue weighted by Crippen LogP contribution is 2.25. The van der Waals surface area contributed by atoms with Crippen molar-refractivity contribution in [3.8, 4) is 0 Å². The van der Waals surface area contributed by atoms with E-state index in [2.05, 4.69) is 5.32 Å². The fraction of sp³-hybridized carbons (Fsp3) is 0.263. The molecule has 0 aliphatic carbocycles. The first-order valence-electron chi connectivity index (χ1n) is 7.81. The largest absolute Gasteiger partial charge is 0.462 e. The minimum Gasteiger partial charge on any atom is -0.462 e. The van der Waals surface area contributed by atoms with Gasteiger partial charge < -0.3 is 10.1 Å². The van der Waals surface area contributed by atoms with Crippen LogP contribution in [-0.2, 0) is 9.53 Å². The monoisotopic (exact) mass is 343 g/mol. The third-order valence-electron chi connectivity index (χ3n) is 3.43. The molecule has 2 rings (SSSR count). The van der Waals surface area contributed by atoms with Gasteiger partial charge >= 0.3 is 5.97 Å². The molecule has 0 aliphatic heterocycles.